The number of ether oxygens (including phenoxy) is 2. The van der Waals surface area contributed by atoms with Gasteiger partial charge in [-0.3, -0.25) is 0 Å². The van der Waals surface area contributed by atoms with E-state index < -0.39 is 23.8 Å². The van der Waals surface area contributed by atoms with Gasteiger partial charge in [-0.1, -0.05) is 60.7 Å². The lowest BCUT2D eigenvalue weighted by Gasteiger charge is -2.31. The topological polar surface area (TPSA) is 35.5 Å². The fraction of sp³-hybridized carbons (Fsp3) is 0.250. The minimum Gasteiger partial charge on any atom is -0.475 e. The van der Waals surface area contributed by atoms with E-state index in [9.17, 15) is 13.6 Å². The molecule has 0 radical (unpaired) electrons. The van der Waals surface area contributed by atoms with Crippen molar-refractivity contribution in [1.29, 1.82) is 0 Å². The summed E-state index contributed by atoms with van der Waals surface area (Å²) < 4.78 is 37.9. The molecule has 130 valence electrons. The highest BCUT2D eigenvalue weighted by atomic mass is 19.3. The van der Waals surface area contributed by atoms with Crippen LogP contribution in [0.2, 0.25) is 0 Å². The number of alkyl halides is 2. The summed E-state index contributed by atoms with van der Waals surface area (Å²) in [6, 6.07) is 18.2. The lowest BCUT2D eigenvalue weighted by atomic mass is 9.82. The third-order valence-corrected chi connectivity index (χ3v) is 4.21. The Kier molecular flexibility index (Phi) is 4.83. The van der Waals surface area contributed by atoms with Crippen LogP contribution in [0.15, 0.2) is 72.0 Å². The summed E-state index contributed by atoms with van der Waals surface area (Å²) in [5.74, 6) is -1.36. The van der Waals surface area contributed by atoms with Crippen LogP contribution < -0.4 is 0 Å². The van der Waals surface area contributed by atoms with E-state index in [1.165, 1.54) is 0 Å². The summed E-state index contributed by atoms with van der Waals surface area (Å²) >= 11 is 0. The molecule has 3 rings (SSSR count). The van der Waals surface area contributed by atoms with Crippen LogP contribution in [-0.2, 0) is 19.9 Å². The van der Waals surface area contributed by atoms with E-state index in [1.54, 1.807) is 6.92 Å². The molecule has 0 saturated carbocycles. The van der Waals surface area contributed by atoms with Gasteiger partial charge in [-0.25, -0.2) is 13.6 Å². The van der Waals surface area contributed by atoms with Gasteiger partial charge >= 0.3 is 5.97 Å². The van der Waals surface area contributed by atoms with Gasteiger partial charge in [-0.2, -0.15) is 0 Å². The van der Waals surface area contributed by atoms with Crippen molar-refractivity contribution in [2.45, 2.75) is 25.4 Å². The van der Waals surface area contributed by atoms with Crippen molar-refractivity contribution in [3.8, 4) is 0 Å². The molecule has 0 N–H and O–H groups in total. The van der Waals surface area contributed by atoms with Gasteiger partial charge in [0.15, 0.2) is 11.4 Å². The Morgan fingerprint density at radius 1 is 1.08 bits per heavy atom. The smallest absolute Gasteiger partial charge is 0.337 e. The van der Waals surface area contributed by atoms with E-state index >= 15 is 0 Å². The van der Waals surface area contributed by atoms with Crippen molar-refractivity contribution in [2.75, 3.05) is 6.61 Å². The van der Waals surface area contributed by atoms with Gasteiger partial charge in [0.1, 0.15) is 0 Å². The number of esters is 1. The van der Waals surface area contributed by atoms with E-state index in [4.69, 9.17) is 9.47 Å². The van der Waals surface area contributed by atoms with Crippen LogP contribution in [0, 0.1) is 0 Å². The first-order valence-electron chi connectivity index (χ1n) is 8.07. The molecule has 25 heavy (non-hydrogen) atoms. The molecule has 0 atom stereocenters. The quantitative estimate of drug-likeness (QED) is 0.753. The summed E-state index contributed by atoms with van der Waals surface area (Å²) in [4.78, 5) is 12.2. The van der Waals surface area contributed by atoms with Crippen LogP contribution in [0.1, 0.15) is 24.5 Å². The highest BCUT2D eigenvalue weighted by Gasteiger charge is 2.48. The molecule has 2 aromatic carbocycles. The number of carbonyl (C=O) groups excluding carboxylic acids is 1. The number of hydrogen-bond donors (Lipinski definition) is 0. The predicted molar refractivity (Wildman–Crippen MR) is 89.0 cm³/mol. The van der Waals surface area contributed by atoms with Gasteiger partial charge in [0, 0.05) is 17.5 Å². The number of rotatable bonds is 5. The zero-order chi connectivity index (χ0) is 17.9. The number of allylic oxidation sites excluding steroid dienone is 1. The van der Waals surface area contributed by atoms with E-state index in [0.29, 0.717) is 11.1 Å². The molecule has 0 saturated heterocycles. The molecule has 0 bridgehead atoms. The van der Waals surface area contributed by atoms with Crippen LogP contribution in [0.25, 0.3) is 0 Å². The van der Waals surface area contributed by atoms with E-state index in [0.717, 1.165) is 0 Å². The first-order chi connectivity index (χ1) is 12.1. The minimum atomic E-state index is -2.89. The summed E-state index contributed by atoms with van der Waals surface area (Å²) in [5.41, 5.74) is 0.137. The second kappa shape index (κ2) is 7.05. The minimum absolute atomic E-state index is 0.000463. The lowest BCUT2D eigenvalue weighted by molar-refractivity contribution is -0.138. The SMILES string of the molecule is CCOC(=O)C1=C(C(F)F)OC(c2ccccc2)(c2ccccc2)C1. The first kappa shape index (κ1) is 17.1. The maximum Gasteiger partial charge on any atom is 0.337 e. The molecule has 0 amide bonds. The fourth-order valence-corrected chi connectivity index (χ4v) is 3.09. The number of carbonyl (C=O) groups is 1. The van der Waals surface area contributed by atoms with Crippen molar-refractivity contribution in [3.05, 3.63) is 83.1 Å². The Hall–Kier alpha value is -2.69. The normalized spacial score (nSPS) is 16.0. The Balaban J connectivity index is 2.12. The Labute approximate surface area is 144 Å². The molecule has 1 heterocycles. The van der Waals surface area contributed by atoms with Crippen LogP contribution in [-0.4, -0.2) is 19.0 Å². The zero-order valence-electron chi connectivity index (χ0n) is 13.7. The van der Waals surface area contributed by atoms with Gasteiger partial charge in [-0.05, 0) is 6.92 Å². The molecule has 1 aliphatic heterocycles. The highest BCUT2D eigenvalue weighted by molar-refractivity contribution is 5.90. The number of halogens is 2. The summed E-state index contributed by atoms with van der Waals surface area (Å²) in [5, 5.41) is 0. The molecule has 0 aromatic heterocycles. The second-order valence-electron chi connectivity index (χ2n) is 5.70. The molecular weight excluding hydrogens is 326 g/mol. The standard InChI is InChI=1S/C20H18F2O3/c1-2-24-19(23)16-13-20(25-17(16)18(21)22,14-9-5-3-6-10-14)15-11-7-4-8-12-15/h3-12,18H,2,13H2,1H3. The first-order valence-corrected chi connectivity index (χ1v) is 8.07. The fourth-order valence-electron chi connectivity index (χ4n) is 3.09. The lowest BCUT2D eigenvalue weighted by Crippen LogP contribution is -2.28. The van der Waals surface area contributed by atoms with Gasteiger partial charge in [0.05, 0.1) is 12.2 Å². The molecule has 1 aliphatic rings. The summed E-state index contributed by atoms with van der Waals surface area (Å²) in [6.45, 7) is 1.75. The monoisotopic (exact) mass is 344 g/mol. The molecule has 5 heteroatoms. The molecular formula is C20H18F2O3. The number of hydrogen-bond acceptors (Lipinski definition) is 3. The van der Waals surface area contributed by atoms with E-state index in [1.807, 2.05) is 60.7 Å². The molecule has 0 spiro atoms. The van der Waals surface area contributed by atoms with Crippen molar-refractivity contribution < 1.29 is 23.0 Å². The predicted octanol–water partition coefficient (Wildman–Crippen LogP) is 4.43. The second-order valence-corrected chi connectivity index (χ2v) is 5.70. The van der Waals surface area contributed by atoms with Crippen molar-refractivity contribution in [2.24, 2.45) is 0 Å². The highest BCUT2D eigenvalue weighted by Crippen LogP contribution is 2.48. The van der Waals surface area contributed by atoms with Gasteiger partial charge < -0.3 is 9.47 Å². The zero-order valence-corrected chi connectivity index (χ0v) is 13.7. The maximum atomic E-state index is 13.6. The van der Waals surface area contributed by atoms with Crippen LogP contribution >= 0.6 is 0 Å². The van der Waals surface area contributed by atoms with E-state index in [-0.39, 0.29) is 18.6 Å². The van der Waals surface area contributed by atoms with Crippen LogP contribution in [0.5, 0.6) is 0 Å². The van der Waals surface area contributed by atoms with E-state index in [2.05, 4.69) is 0 Å². The van der Waals surface area contributed by atoms with Gasteiger partial charge in [0.25, 0.3) is 6.43 Å². The summed E-state index contributed by atoms with van der Waals surface area (Å²) in [7, 11) is 0. The van der Waals surface area contributed by atoms with Gasteiger partial charge in [-0.15, -0.1) is 0 Å². The Morgan fingerprint density at radius 2 is 1.60 bits per heavy atom. The van der Waals surface area contributed by atoms with Crippen molar-refractivity contribution >= 4 is 5.97 Å². The largest absolute Gasteiger partial charge is 0.475 e. The third kappa shape index (κ3) is 3.14. The Morgan fingerprint density at radius 3 is 2.04 bits per heavy atom. The van der Waals surface area contributed by atoms with Crippen molar-refractivity contribution in [1.82, 2.24) is 0 Å². The molecule has 3 nitrogen and oxygen atoms in total. The average Bonchev–Trinajstić information content (AvgIpc) is 3.06. The number of benzene rings is 2. The molecule has 0 aliphatic carbocycles. The molecule has 0 fully saturated rings. The maximum absolute atomic E-state index is 13.6. The summed E-state index contributed by atoms with van der Waals surface area (Å²) in [6.07, 6.45) is -2.90. The van der Waals surface area contributed by atoms with Crippen molar-refractivity contribution in [3.63, 3.8) is 0 Å². The Bertz CT molecular complexity index is 731. The molecule has 0 unspecified atom stereocenters. The average molecular weight is 344 g/mol. The van der Waals surface area contributed by atoms with Crippen LogP contribution in [0.4, 0.5) is 8.78 Å². The van der Waals surface area contributed by atoms with Crippen LogP contribution in [0.3, 0.4) is 0 Å². The van der Waals surface area contributed by atoms with Gasteiger partial charge in [0.2, 0.25) is 0 Å². The molecule has 2 aromatic rings. The third-order valence-electron chi connectivity index (χ3n) is 4.21.